The predicted molar refractivity (Wildman–Crippen MR) is 93.2 cm³/mol. The van der Waals surface area contributed by atoms with Crippen molar-refractivity contribution >= 4 is 28.6 Å². The van der Waals surface area contributed by atoms with Crippen molar-refractivity contribution in [2.75, 3.05) is 6.54 Å². The Morgan fingerprint density at radius 3 is 2.54 bits per heavy atom. The molecule has 26 heavy (non-hydrogen) atoms. The van der Waals surface area contributed by atoms with E-state index in [0.29, 0.717) is 10.4 Å². The monoisotopic (exact) mass is 398 g/mol. The molecule has 0 radical (unpaired) electrons. The Balaban J connectivity index is 1.76. The number of hydrogen-bond donors (Lipinski definition) is 2. The Hall–Kier alpha value is -2.23. The van der Waals surface area contributed by atoms with Gasteiger partial charge in [0, 0.05) is 16.6 Å². The van der Waals surface area contributed by atoms with Gasteiger partial charge in [-0.25, -0.2) is 0 Å². The summed E-state index contributed by atoms with van der Waals surface area (Å²) in [4.78, 5) is 16.2. The Labute approximate surface area is 155 Å². The van der Waals surface area contributed by atoms with Gasteiger partial charge in [-0.15, -0.1) is 11.3 Å². The fraction of sp³-hybridized carbons (Fsp3) is 0.176. The highest BCUT2D eigenvalue weighted by Crippen LogP contribution is 2.33. The predicted octanol–water partition coefficient (Wildman–Crippen LogP) is 3.89. The molecule has 1 amide bonds. The van der Waals surface area contributed by atoms with E-state index in [2.05, 4.69) is 10.3 Å². The number of nitrogens with zero attached hydrogens (tertiary/aromatic N) is 1. The number of rotatable bonds is 5. The molecule has 1 atom stereocenters. The van der Waals surface area contributed by atoms with Gasteiger partial charge >= 0.3 is 6.18 Å². The van der Waals surface area contributed by atoms with Gasteiger partial charge in [-0.05, 0) is 40.4 Å². The number of aromatic nitrogens is 1. The summed E-state index contributed by atoms with van der Waals surface area (Å²) in [5, 5.41) is 19.1. The zero-order chi connectivity index (χ0) is 18.8. The number of nitrogens with one attached hydrogen (secondary N) is 1. The maximum Gasteiger partial charge on any atom is 0.433 e. The lowest BCUT2D eigenvalue weighted by Crippen LogP contribution is -2.41. The largest absolute Gasteiger partial charge is 0.433 e. The second kappa shape index (κ2) is 7.18. The minimum atomic E-state index is -4.56. The van der Waals surface area contributed by atoms with E-state index in [1.54, 1.807) is 23.6 Å². The highest BCUT2D eigenvalue weighted by molar-refractivity contribution is 7.10. The van der Waals surface area contributed by atoms with Gasteiger partial charge in [-0.3, -0.25) is 9.78 Å². The molecule has 3 aromatic heterocycles. The van der Waals surface area contributed by atoms with Crippen LogP contribution in [-0.4, -0.2) is 22.5 Å². The zero-order valence-corrected chi connectivity index (χ0v) is 14.8. The van der Waals surface area contributed by atoms with Crippen molar-refractivity contribution in [3.05, 3.63) is 74.4 Å². The van der Waals surface area contributed by atoms with Crippen LogP contribution in [0.4, 0.5) is 13.2 Å². The molecular weight excluding hydrogens is 385 g/mol. The molecule has 0 bridgehead atoms. The van der Waals surface area contributed by atoms with Crippen molar-refractivity contribution in [1.29, 1.82) is 0 Å². The molecule has 4 nitrogen and oxygen atoms in total. The van der Waals surface area contributed by atoms with E-state index in [1.807, 2.05) is 10.8 Å². The lowest BCUT2D eigenvalue weighted by atomic mass is 9.94. The third kappa shape index (κ3) is 3.79. The van der Waals surface area contributed by atoms with Crippen molar-refractivity contribution in [3.8, 4) is 0 Å². The Morgan fingerprint density at radius 1 is 1.19 bits per heavy atom. The van der Waals surface area contributed by atoms with E-state index in [0.717, 1.165) is 18.3 Å². The summed E-state index contributed by atoms with van der Waals surface area (Å²) < 4.78 is 37.6. The van der Waals surface area contributed by atoms with Gasteiger partial charge in [-0.2, -0.15) is 24.5 Å². The van der Waals surface area contributed by atoms with Crippen molar-refractivity contribution in [3.63, 3.8) is 0 Å². The fourth-order valence-electron chi connectivity index (χ4n) is 2.35. The number of amides is 1. The second-order valence-electron chi connectivity index (χ2n) is 5.46. The van der Waals surface area contributed by atoms with Crippen LogP contribution in [0.3, 0.4) is 0 Å². The quantitative estimate of drug-likeness (QED) is 0.686. The SMILES string of the molecule is O=C(NC[C@@](O)(c1ccsc1)c1cccs1)c1ccc(C(F)(F)F)nc1. The fourth-order valence-corrected chi connectivity index (χ4v) is 3.92. The molecule has 3 aromatic rings. The van der Waals surface area contributed by atoms with Crippen molar-refractivity contribution in [2.24, 2.45) is 0 Å². The van der Waals surface area contributed by atoms with Crippen molar-refractivity contribution < 1.29 is 23.1 Å². The van der Waals surface area contributed by atoms with Gasteiger partial charge < -0.3 is 10.4 Å². The molecule has 0 aromatic carbocycles. The molecule has 0 aliphatic heterocycles. The number of thiophene rings is 2. The lowest BCUT2D eigenvalue weighted by molar-refractivity contribution is -0.141. The topological polar surface area (TPSA) is 62.2 Å². The van der Waals surface area contributed by atoms with Crippen LogP contribution in [0.5, 0.6) is 0 Å². The first-order valence-electron chi connectivity index (χ1n) is 7.41. The number of carbonyl (C=O) groups excluding carboxylic acids is 1. The molecule has 0 aliphatic rings. The third-order valence-electron chi connectivity index (χ3n) is 3.75. The van der Waals surface area contributed by atoms with Crippen LogP contribution in [0.2, 0.25) is 0 Å². The van der Waals surface area contributed by atoms with E-state index in [9.17, 15) is 23.1 Å². The number of aliphatic hydroxyl groups is 1. The second-order valence-corrected chi connectivity index (χ2v) is 7.19. The van der Waals surface area contributed by atoms with Gasteiger partial charge in [0.2, 0.25) is 0 Å². The molecular formula is C17H13F3N2O2S2. The molecule has 9 heteroatoms. The number of pyridine rings is 1. The van der Waals surface area contributed by atoms with E-state index in [1.165, 1.54) is 22.7 Å². The van der Waals surface area contributed by atoms with Crippen LogP contribution in [0.25, 0.3) is 0 Å². The summed E-state index contributed by atoms with van der Waals surface area (Å²) in [6, 6.07) is 7.11. The number of carbonyl (C=O) groups is 1. The standard InChI is InChI=1S/C17H13F3N2O2S2/c18-17(19,20)13-4-3-11(8-21-13)15(23)22-10-16(24,12-5-7-25-9-12)14-2-1-6-26-14/h1-9,24H,10H2,(H,22,23)/t16-/m1/s1. The van der Waals surface area contributed by atoms with Gasteiger partial charge in [0.15, 0.2) is 0 Å². The summed E-state index contributed by atoms with van der Waals surface area (Å²) in [6.07, 6.45) is -3.69. The molecule has 0 spiro atoms. The van der Waals surface area contributed by atoms with E-state index >= 15 is 0 Å². The van der Waals surface area contributed by atoms with Gasteiger partial charge in [-0.1, -0.05) is 6.07 Å². The average Bonchev–Trinajstić information content (AvgIpc) is 3.32. The molecule has 0 saturated heterocycles. The Bertz CT molecular complexity index is 826. The van der Waals surface area contributed by atoms with Crippen LogP contribution < -0.4 is 5.32 Å². The Morgan fingerprint density at radius 2 is 2.00 bits per heavy atom. The first kappa shape index (κ1) is 18.6. The van der Waals surface area contributed by atoms with Crippen LogP contribution in [0.15, 0.2) is 52.7 Å². The molecule has 0 unspecified atom stereocenters. The van der Waals surface area contributed by atoms with Crippen molar-refractivity contribution in [2.45, 2.75) is 11.8 Å². The van der Waals surface area contributed by atoms with Gasteiger partial charge in [0.25, 0.3) is 5.91 Å². The lowest BCUT2D eigenvalue weighted by Gasteiger charge is -2.27. The van der Waals surface area contributed by atoms with E-state index in [4.69, 9.17) is 0 Å². The average molecular weight is 398 g/mol. The zero-order valence-electron chi connectivity index (χ0n) is 13.2. The Kier molecular flexibility index (Phi) is 5.12. The summed E-state index contributed by atoms with van der Waals surface area (Å²) >= 11 is 2.76. The summed E-state index contributed by atoms with van der Waals surface area (Å²) in [7, 11) is 0. The van der Waals surface area contributed by atoms with Crippen LogP contribution in [-0.2, 0) is 11.8 Å². The van der Waals surface area contributed by atoms with E-state index in [-0.39, 0.29) is 12.1 Å². The molecule has 0 fully saturated rings. The first-order chi connectivity index (χ1) is 12.3. The number of halogens is 3. The molecule has 3 rings (SSSR count). The molecule has 136 valence electrons. The first-order valence-corrected chi connectivity index (χ1v) is 9.23. The maximum atomic E-state index is 12.5. The molecule has 0 saturated carbocycles. The van der Waals surface area contributed by atoms with Crippen LogP contribution in [0.1, 0.15) is 26.5 Å². The normalized spacial score (nSPS) is 14.0. The van der Waals surface area contributed by atoms with Crippen LogP contribution in [0, 0.1) is 0 Å². The minimum Gasteiger partial charge on any atom is -0.378 e. The smallest absolute Gasteiger partial charge is 0.378 e. The van der Waals surface area contributed by atoms with Gasteiger partial charge in [0.05, 0.1) is 12.1 Å². The maximum absolute atomic E-state index is 12.5. The minimum absolute atomic E-state index is 0.0168. The molecule has 0 aliphatic carbocycles. The van der Waals surface area contributed by atoms with Crippen molar-refractivity contribution in [1.82, 2.24) is 10.3 Å². The number of alkyl halides is 3. The third-order valence-corrected chi connectivity index (χ3v) is 5.45. The van der Waals surface area contributed by atoms with Crippen LogP contribution >= 0.6 is 22.7 Å². The highest BCUT2D eigenvalue weighted by atomic mass is 32.1. The summed E-state index contributed by atoms with van der Waals surface area (Å²) in [5.41, 5.74) is -1.86. The highest BCUT2D eigenvalue weighted by Gasteiger charge is 2.34. The van der Waals surface area contributed by atoms with E-state index < -0.39 is 23.4 Å². The molecule has 3 heterocycles. The summed E-state index contributed by atoms with van der Waals surface area (Å²) in [6.45, 7) is -0.121. The molecule has 2 N–H and O–H groups in total. The van der Waals surface area contributed by atoms with Gasteiger partial charge in [0.1, 0.15) is 11.3 Å². The number of hydrogen-bond acceptors (Lipinski definition) is 5. The summed E-state index contributed by atoms with van der Waals surface area (Å²) in [5.74, 6) is -0.614.